The second-order valence-electron chi connectivity index (χ2n) is 6.48. The van der Waals surface area contributed by atoms with E-state index in [1.165, 1.54) is 28.4 Å². The molecule has 9 heteroatoms. The number of hydrogen-bond acceptors (Lipinski definition) is 6. The highest BCUT2D eigenvalue weighted by molar-refractivity contribution is 8.18. The molecule has 2 aromatic rings. The van der Waals surface area contributed by atoms with Crippen molar-refractivity contribution >= 4 is 52.3 Å². The molecule has 0 spiro atoms. The van der Waals surface area contributed by atoms with E-state index in [-0.39, 0.29) is 11.7 Å². The number of carboxylic acid groups (broad SMARTS) is 1. The van der Waals surface area contributed by atoms with Crippen LogP contribution in [0.25, 0.3) is 6.08 Å². The molecule has 0 aliphatic carbocycles. The van der Waals surface area contributed by atoms with Gasteiger partial charge in [-0.3, -0.25) is 19.3 Å². The van der Waals surface area contributed by atoms with E-state index in [0.29, 0.717) is 15.6 Å². The zero-order valence-electron chi connectivity index (χ0n) is 16.5. The Morgan fingerprint density at radius 3 is 2.67 bits per heavy atom. The number of pyridine rings is 1. The van der Waals surface area contributed by atoms with Crippen LogP contribution in [0.3, 0.4) is 0 Å². The van der Waals surface area contributed by atoms with Crippen molar-refractivity contribution in [2.45, 2.75) is 19.8 Å². The van der Waals surface area contributed by atoms with Gasteiger partial charge in [0.05, 0.1) is 10.6 Å². The third-order valence-corrected chi connectivity index (χ3v) is 5.29. The van der Waals surface area contributed by atoms with Crippen LogP contribution in [0, 0.1) is 0 Å². The fraction of sp³-hybridized carbons (Fsp3) is 0.190. The standard InChI is InChI=1S/C21H20N4O4S/c1-3-13-4-6-15(7-5-13)23-21-25(2)20(29)16(30-21)10-14-8-9-22-17(11-14)24-18(26)12-19(27)28/h4-11H,3,12H2,1-2H3,(H,27,28)(H,22,24,26)/b16-10-,23-21?. The van der Waals surface area contributed by atoms with Crippen molar-refractivity contribution in [3.05, 3.63) is 58.6 Å². The number of hydrogen-bond donors (Lipinski definition) is 2. The van der Waals surface area contributed by atoms with E-state index >= 15 is 0 Å². The Morgan fingerprint density at radius 1 is 1.27 bits per heavy atom. The van der Waals surface area contributed by atoms with Crippen molar-refractivity contribution in [3.8, 4) is 0 Å². The number of amides is 2. The molecule has 154 valence electrons. The van der Waals surface area contributed by atoms with Gasteiger partial charge in [-0.05, 0) is 59.7 Å². The number of thioether (sulfide) groups is 1. The Kier molecular flexibility index (Phi) is 6.63. The van der Waals surface area contributed by atoms with E-state index in [4.69, 9.17) is 5.11 Å². The summed E-state index contributed by atoms with van der Waals surface area (Å²) in [6.07, 6.45) is 3.45. The number of amidine groups is 1. The molecule has 1 aromatic carbocycles. The second-order valence-corrected chi connectivity index (χ2v) is 7.49. The third kappa shape index (κ3) is 5.32. The normalized spacial score (nSPS) is 16.3. The minimum Gasteiger partial charge on any atom is -0.481 e. The summed E-state index contributed by atoms with van der Waals surface area (Å²) < 4.78 is 0. The fourth-order valence-electron chi connectivity index (χ4n) is 2.65. The lowest BCUT2D eigenvalue weighted by molar-refractivity contribution is -0.139. The summed E-state index contributed by atoms with van der Waals surface area (Å²) in [4.78, 5) is 45.3. The number of aryl methyl sites for hydroxylation is 1. The first-order chi connectivity index (χ1) is 14.4. The summed E-state index contributed by atoms with van der Waals surface area (Å²) in [6, 6.07) is 11.1. The first kappa shape index (κ1) is 21.3. The minimum atomic E-state index is -1.22. The summed E-state index contributed by atoms with van der Waals surface area (Å²) in [5.41, 5.74) is 2.63. The van der Waals surface area contributed by atoms with Crippen molar-refractivity contribution in [3.63, 3.8) is 0 Å². The average molecular weight is 424 g/mol. The number of aliphatic imine (C=N–C) groups is 1. The molecule has 1 saturated heterocycles. The lowest BCUT2D eigenvalue weighted by Gasteiger charge is -2.07. The van der Waals surface area contributed by atoms with Gasteiger partial charge in [0, 0.05) is 13.2 Å². The van der Waals surface area contributed by atoms with Crippen LogP contribution in [0.15, 0.2) is 52.5 Å². The van der Waals surface area contributed by atoms with Gasteiger partial charge in [-0.25, -0.2) is 9.98 Å². The number of aromatic nitrogens is 1. The predicted octanol–water partition coefficient (Wildman–Crippen LogP) is 3.29. The Balaban J connectivity index is 1.78. The molecular formula is C21H20N4O4S. The largest absolute Gasteiger partial charge is 0.481 e. The molecule has 1 fully saturated rings. The lowest BCUT2D eigenvalue weighted by Crippen LogP contribution is -2.23. The van der Waals surface area contributed by atoms with Crippen LogP contribution in [0.4, 0.5) is 11.5 Å². The molecule has 0 unspecified atom stereocenters. The van der Waals surface area contributed by atoms with E-state index in [1.807, 2.05) is 24.3 Å². The summed E-state index contributed by atoms with van der Waals surface area (Å²) in [5.74, 6) is -1.87. The van der Waals surface area contributed by atoms with Crippen LogP contribution < -0.4 is 5.32 Å². The number of anilines is 1. The molecule has 2 N–H and O–H groups in total. The molecule has 1 aliphatic rings. The molecule has 8 nitrogen and oxygen atoms in total. The number of nitrogens with one attached hydrogen (secondary N) is 1. The summed E-state index contributed by atoms with van der Waals surface area (Å²) in [5, 5.41) is 11.7. The number of aliphatic carboxylic acids is 1. The fourth-order valence-corrected chi connectivity index (χ4v) is 3.64. The number of carboxylic acids is 1. The summed E-state index contributed by atoms with van der Waals surface area (Å²) >= 11 is 1.26. The quantitative estimate of drug-likeness (QED) is 0.544. The average Bonchev–Trinajstić information content (AvgIpc) is 2.96. The SMILES string of the molecule is CCc1ccc(N=C2S/C(=C\c3ccnc(NC(=O)CC(=O)O)c3)C(=O)N2C)cc1. The van der Waals surface area contributed by atoms with Gasteiger partial charge in [-0.2, -0.15) is 0 Å². The van der Waals surface area contributed by atoms with Gasteiger partial charge in [0.25, 0.3) is 5.91 Å². The van der Waals surface area contributed by atoms with E-state index in [2.05, 4.69) is 22.2 Å². The highest BCUT2D eigenvalue weighted by atomic mass is 32.2. The van der Waals surface area contributed by atoms with Gasteiger partial charge in [0.1, 0.15) is 12.2 Å². The Hall–Kier alpha value is -3.46. The highest BCUT2D eigenvalue weighted by Crippen LogP contribution is 2.33. The van der Waals surface area contributed by atoms with Gasteiger partial charge in [0.15, 0.2) is 5.17 Å². The maximum absolute atomic E-state index is 12.6. The molecule has 0 saturated carbocycles. The van der Waals surface area contributed by atoms with Crippen molar-refractivity contribution in [2.75, 3.05) is 12.4 Å². The van der Waals surface area contributed by atoms with Crippen molar-refractivity contribution in [1.82, 2.24) is 9.88 Å². The second kappa shape index (κ2) is 9.36. The van der Waals surface area contributed by atoms with Crippen molar-refractivity contribution in [1.29, 1.82) is 0 Å². The molecular weight excluding hydrogens is 404 g/mol. The van der Waals surface area contributed by atoms with Crippen LogP contribution in [-0.4, -0.2) is 45.0 Å². The Bertz CT molecular complexity index is 1050. The molecule has 2 amide bonds. The molecule has 30 heavy (non-hydrogen) atoms. The predicted molar refractivity (Wildman–Crippen MR) is 116 cm³/mol. The van der Waals surface area contributed by atoms with Crippen LogP contribution >= 0.6 is 11.8 Å². The molecule has 0 radical (unpaired) electrons. The zero-order chi connectivity index (χ0) is 21.7. The molecule has 1 aliphatic heterocycles. The van der Waals surface area contributed by atoms with Crippen LogP contribution in [0.5, 0.6) is 0 Å². The van der Waals surface area contributed by atoms with Crippen molar-refractivity contribution in [2.24, 2.45) is 4.99 Å². The molecule has 1 aromatic heterocycles. The maximum Gasteiger partial charge on any atom is 0.312 e. The first-order valence-corrected chi connectivity index (χ1v) is 10.0. The van der Waals surface area contributed by atoms with Gasteiger partial charge >= 0.3 is 5.97 Å². The lowest BCUT2D eigenvalue weighted by atomic mass is 10.2. The van der Waals surface area contributed by atoms with Crippen LogP contribution in [-0.2, 0) is 20.8 Å². The summed E-state index contributed by atoms with van der Waals surface area (Å²) in [6.45, 7) is 2.08. The maximum atomic E-state index is 12.6. The van der Waals surface area contributed by atoms with Gasteiger partial charge in [-0.1, -0.05) is 19.1 Å². The van der Waals surface area contributed by atoms with E-state index in [0.717, 1.165) is 12.1 Å². The number of carbonyl (C=O) groups is 3. The Labute approximate surface area is 177 Å². The Morgan fingerprint density at radius 2 is 2.00 bits per heavy atom. The van der Waals surface area contributed by atoms with Gasteiger partial charge < -0.3 is 10.4 Å². The molecule has 3 rings (SSSR count). The van der Waals surface area contributed by atoms with Gasteiger partial charge in [-0.15, -0.1) is 0 Å². The third-order valence-electron chi connectivity index (χ3n) is 4.23. The number of likely N-dealkylation sites (N-methyl/N-ethyl adjacent to an activating group) is 1. The molecule has 0 atom stereocenters. The van der Waals surface area contributed by atoms with Crippen LogP contribution in [0.2, 0.25) is 0 Å². The van der Waals surface area contributed by atoms with E-state index in [9.17, 15) is 14.4 Å². The number of nitrogens with zero attached hydrogens (tertiary/aromatic N) is 3. The first-order valence-electron chi connectivity index (χ1n) is 9.18. The monoisotopic (exact) mass is 424 g/mol. The highest BCUT2D eigenvalue weighted by Gasteiger charge is 2.30. The number of carbonyl (C=O) groups excluding carboxylic acids is 2. The summed E-state index contributed by atoms with van der Waals surface area (Å²) in [7, 11) is 1.67. The smallest absolute Gasteiger partial charge is 0.312 e. The number of rotatable bonds is 6. The van der Waals surface area contributed by atoms with Crippen molar-refractivity contribution < 1.29 is 19.5 Å². The minimum absolute atomic E-state index is 0.183. The molecule has 0 bridgehead atoms. The topological polar surface area (TPSA) is 112 Å². The van der Waals surface area contributed by atoms with Gasteiger partial charge in [0.2, 0.25) is 5.91 Å². The van der Waals surface area contributed by atoms with Crippen LogP contribution in [0.1, 0.15) is 24.5 Å². The number of benzene rings is 1. The molecule has 2 heterocycles. The van der Waals surface area contributed by atoms with E-state index in [1.54, 1.807) is 25.3 Å². The van der Waals surface area contributed by atoms with E-state index < -0.39 is 18.3 Å². The zero-order valence-corrected chi connectivity index (χ0v) is 17.3.